The lowest BCUT2D eigenvalue weighted by molar-refractivity contribution is 0.0942. The number of rotatable bonds is 8. The third-order valence-corrected chi connectivity index (χ3v) is 4.93. The van der Waals surface area contributed by atoms with Gasteiger partial charge in [-0.2, -0.15) is 0 Å². The number of benzene rings is 1. The molecule has 3 rings (SSSR count). The summed E-state index contributed by atoms with van der Waals surface area (Å²) in [6.45, 7) is 0.797. The van der Waals surface area contributed by atoms with Crippen LogP contribution in [0.3, 0.4) is 0 Å². The molecule has 0 unspecified atom stereocenters. The summed E-state index contributed by atoms with van der Waals surface area (Å²) in [5.41, 5.74) is 1.38. The molecule has 28 heavy (non-hydrogen) atoms. The molecule has 0 aliphatic heterocycles. The molecular weight excluding hydrogens is 354 g/mol. The zero-order valence-electron chi connectivity index (χ0n) is 16.4. The van der Waals surface area contributed by atoms with Crippen LogP contribution in [-0.2, 0) is 0 Å². The van der Waals surface area contributed by atoms with E-state index < -0.39 is 0 Å². The van der Waals surface area contributed by atoms with E-state index in [1.807, 2.05) is 36.4 Å². The van der Waals surface area contributed by atoms with Crippen LogP contribution in [0, 0.1) is 0 Å². The van der Waals surface area contributed by atoms with Crippen molar-refractivity contribution in [1.82, 2.24) is 10.3 Å². The smallest absolute Gasteiger partial charge is 0.270 e. The SMILES string of the molecule is COc1ccc(OCCNC(=O)c2cc(NC3CCCCCC3)ccn2)cc1. The molecule has 6 nitrogen and oxygen atoms in total. The van der Waals surface area contributed by atoms with Gasteiger partial charge in [0.1, 0.15) is 23.8 Å². The summed E-state index contributed by atoms with van der Waals surface area (Å²) in [6.07, 6.45) is 9.23. The van der Waals surface area contributed by atoms with Gasteiger partial charge in [0.2, 0.25) is 0 Å². The van der Waals surface area contributed by atoms with Crippen LogP contribution in [-0.4, -0.2) is 37.2 Å². The molecule has 0 bridgehead atoms. The predicted molar refractivity (Wildman–Crippen MR) is 110 cm³/mol. The van der Waals surface area contributed by atoms with E-state index in [9.17, 15) is 4.79 Å². The summed E-state index contributed by atoms with van der Waals surface area (Å²) in [5, 5.41) is 6.41. The highest BCUT2D eigenvalue weighted by molar-refractivity contribution is 5.93. The summed E-state index contributed by atoms with van der Waals surface area (Å²) in [5.74, 6) is 1.33. The lowest BCUT2D eigenvalue weighted by Crippen LogP contribution is -2.29. The number of hydrogen-bond donors (Lipinski definition) is 2. The molecule has 1 aliphatic carbocycles. The van der Waals surface area contributed by atoms with Gasteiger partial charge in [-0.05, 0) is 49.2 Å². The normalized spacial score (nSPS) is 14.8. The van der Waals surface area contributed by atoms with Crippen molar-refractivity contribution in [1.29, 1.82) is 0 Å². The number of ether oxygens (including phenoxy) is 2. The number of amides is 1. The van der Waals surface area contributed by atoms with Crippen molar-refractivity contribution in [3.8, 4) is 11.5 Å². The molecule has 0 radical (unpaired) electrons. The third kappa shape index (κ3) is 6.15. The number of carbonyl (C=O) groups is 1. The van der Waals surface area contributed by atoms with E-state index in [1.54, 1.807) is 13.3 Å². The zero-order valence-corrected chi connectivity index (χ0v) is 16.4. The number of hydrogen-bond acceptors (Lipinski definition) is 5. The average molecular weight is 383 g/mol. The van der Waals surface area contributed by atoms with Crippen LogP contribution in [0.5, 0.6) is 11.5 Å². The van der Waals surface area contributed by atoms with Gasteiger partial charge in [-0.25, -0.2) is 0 Å². The van der Waals surface area contributed by atoms with Crippen LogP contribution < -0.4 is 20.1 Å². The van der Waals surface area contributed by atoms with Crippen molar-refractivity contribution >= 4 is 11.6 Å². The molecule has 1 amide bonds. The van der Waals surface area contributed by atoms with Gasteiger partial charge in [0.15, 0.2) is 0 Å². The van der Waals surface area contributed by atoms with Crippen LogP contribution in [0.2, 0.25) is 0 Å². The Morgan fingerprint density at radius 2 is 1.79 bits per heavy atom. The van der Waals surface area contributed by atoms with Crippen LogP contribution >= 0.6 is 0 Å². The summed E-state index contributed by atoms with van der Waals surface area (Å²) in [7, 11) is 1.63. The van der Waals surface area contributed by atoms with Crippen molar-refractivity contribution in [2.75, 3.05) is 25.6 Å². The van der Waals surface area contributed by atoms with Crippen molar-refractivity contribution in [3.63, 3.8) is 0 Å². The minimum atomic E-state index is -0.192. The molecule has 1 heterocycles. The molecule has 2 N–H and O–H groups in total. The Bertz CT molecular complexity index is 741. The Morgan fingerprint density at radius 3 is 2.50 bits per heavy atom. The summed E-state index contributed by atoms with van der Waals surface area (Å²) >= 11 is 0. The van der Waals surface area contributed by atoms with Crippen LogP contribution in [0.4, 0.5) is 5.69 Å². The summed E-state index contributed by atoms with van der Waals surface area (Å²) < 4.78 is 10.7. The highest BCUT2D eigenvalue weighted by Gasteiger charge is 2.13. The predicted octanol–water partition coefficient (Wildman–Crippen LogP) is 4.03. The van der Waals surface area contributed by atoms with Gasteiger partial charge < -0.3 is 20.1 Å². The van der Waals surface area contributed by atoms with Gasteiger partial charge in [0.25, 0.3) is 5.91 Å². The Kier molecular flexibility index (Phi) is 7.53. The van der Waals surface area contributed by atoms with Gasteiger partial charge in [-0.15, -0.1) is 0 Å². The monoisotopic (exact) mass is 383 g/mol. The molecule has 6 heteroatoms. The van der Waals surface area contributed by atoms with Crippen LogP contribution in [0.25, 0.3) is 0 Å². The second-order valence-corrected chi connectivity index (χ2v) is 7.04. The van der Waals surface area contributed by atoms with Crippen molar-refractivity contribution in [2.24, 2.45) is 0 Å². The lowest BCUT2D eigenvalue weighted by atomic mass is 10.1. The maximum Gasteiger partial charge on any atom is 0.270 e. The quantitative estimate of drug-likeness (QED) is 0.532. The van der Waals surface area contributed by atoms with E-state index in [2.05, 4.69) is 15.6 Å². The molecule has 1 aliphatic rings. The minimum Gasteiger partial charge on any atom is -0.497 e. The molecule has 0 spiro atoms. The molecule has 1 saturated carbocycles. The topological polar surface area (TPSA) is 72.5 Å². The Hall–Kier alpha value is -2.76. The fourth-order valence-electron chi connectivity index (χ4n) is 3.40. The summed E-state index contributed by atoms with van der Waals surface area (Å²) in [4.78, 5) is 16.6. The zero-order chi connectivity index (χ0) is 19.6. The molecular formula is C22H29N3O3. The molecule has 1 fully saturated rings. The number of nitrogens with zero attached hydrogens (tertiary/aromatic N) is 1. The number of methoxy groups -OCH3 is 1. The third-order valence-electron chi connectivity index (χ3n) is 4.93. The molecule has 0 atom stereocenters. The second kappa shape index (κ2) is 10.5. The maximum atomic E-state index is 12.4. The highest BCUT2D eigenvalue weighted by Crippen LogP contribution is 2.21. The number of pyridine rings is 1. The van der Waals surface area contributed by atoms with Gasteiger partial charge in [0, 0.05) is 17.9 Å². The number of nitrogens with one attached hydrogen (secondary N) is 2. The van der Waals surface area contributed by atoms with Crippen molar-refractivity contribution in [3.05, 3.63) is 48.3 Å². The number of anilines is 1. The maximum absolute atomic E-state index is 12.4. The molecule has 150 valence electrons. The first-order chi connectivity index (χ1) is 13.7. The lowest BCUT2D eigenvalue weighted by Gasteiger charge is -2.18. The first kappa shape index (κ1) is 20.0. The molecule has 1 aromatic heterocycles. The van der Waals surface area contributed by atoms with Gasteiger partial charge in [0.05, 0.1) is 13.7 Å². The molecule has 1 aromatic carbocycles. The van der Waals surface area contributed by atoms with Crippen molar-refractivity contribution < 1.29 is 14.3 Å². The number of aromatic nitrogens is 1. The van der Waals surface area contributed by atoms with Crippen molar-refractivity contribution in [2.45, 2.75) is 44.6 Å². The van der Waals surface area contributed by atoms with Gasteiger partial charge in [-0.1, -0.05) is 25.7 Å². The largest absolute Gasteiger partial charge is 0.497 e. The average Bonchev–Trinajstić information content (AvgIpc) is 3.00. The van der Waals surface area contributed by atoms with Crippen LogP contribution in [0.1, 0.15) is 49.0 Å². The highest BCUT2D eigenvalue weighted by atomic mass is 16.5. The van der Waals surface area contributed by atoms with E-state index >= 15 is 0 Å². The fourth-order valence-corrected chi connectivity index (χ4v) is 3.40. The van der Waals surface area contributed by atoms with E-state index in [4.69, 9.17) is 9.47 Å². The fraction of sp³-hybridized carbons (Fsp3) is 0.455. The Balaban J connectivity index is 1.44. The Morgan fingerprint density at radius 1 is 1.07 bits per heavy atom. The first-order valence-electron chi connectivity index (χ1n) is 10.0. The van der Waals surface area contributed by atoms with Crippen LogP contribution in [0.15, 0.2) is 42.6 Å². The first-order valence-corrected chi connectivity index (χ1v) is 10.0. The Labute approximate surface area is 166 Å². The minimum absolute atomic E-state index is 0.192. The van der Waals surface area contributed by atoms with Gasteiger partial charge in [-0.3, -0.25) is 9.78 Å². The summed E-state index contributed by atoms with van der Waals surface area (Å²) in [6, 6.07) is 11.6. The molecule has 0 saturated heterocycles. The van der Waals surface area contributed by atoms with E-state index in [1.165, 1.54) is 38.5 Å². The van der Waals surface area contributed by atoms with Gasteiger partial charge >= 0.3 is 0 Å². The standard InChI is InChI=1S/C22H29N3O3/c1-27-19-8-10-20(11-9-19)28-15-14-24-22(26)21-16-18(12-13-23-21)25-17-6-4-2-3-5-7-17/h8-13,16-17H,2-7,14-15H2,1H3,(H,23,25)(H,24,26). The molecule has 2 aromatic rings. The second-order valence-electron chi connectivity index (χ2n) is 7.04. The number of carbonyl (C=O) groups excluding carboxylic acids is 1. The van der Waals surface area contributed by atoms with E-state index in [0.717, 1.165) is 17.2 Å². The van der Waals surface area contributed by atoms with E-state index in [-0.39, 0.29) is 5.91 Å². The van der Waals surface area contributed by atoms with E-state index in [0.29, 0.717) is 24.9 Å².